The molecule has 0 spiro atoms. The Bertz CT molecular complexity index is 5780. The van der Waals surface area contributed by atoms with Gasteiger partial charge < -0.3 is 71.5 Å². The summed E-state index contributed by atoms with van der Waals surface area (Å²) < 4.78 is 46.7. The van der Waals surface area contributed by atoms with Crippen molar-refractivity contribution in [1.29, 1.82) is 0 Å². The SMILES string of the molecule is CCc1sc(-c2ccc(OC)c(OCCN3CCC3)c2)nc1C(C)Sc1nc(C)cc(N)n1.CCc1sc(-c2ccc(OC)c(OCCN3CCCC3)c2)nc1C(C)Sc1nc(C)cc(N)n1.CCc1sc(-c2ccc(OC)c(OCCN3CCCCC3)c2)nc1C(C)Sc1nc(C)cc(N)n1.COc1ccc(-c2nc(CSc3nc(N)cc(N)n3)c(C)s2)cc1OCCN1CCN(C)CC1. The Morgan fingerprint density at radius 2 is 0.625 bits per heavy atom. The van der Waals surface area contributed by atoms with Crippen LogP contribution in [0.1, 0.15) is 155 Å². The zero-order valence-corrected chi connectivity index (χ0v) is 87.3. The number of aromatic nitrogens is 12. The van der Waals surface area contributed by atoms with Crippen molar-refractivity contribution in [2.45, 2.75) is 169 Å². The molecule has 12 aromatic rings. The second kappa shape index (κ2) is 51.3. The highest BCUT2D eigenvalue weighted by Crippen LogP contribution is 2.46. The first-order chi connectivity index (χ1) is 65.8. The molecule has 4 fully saturated rings. The van der Waals surface area contributed by atoms with E-state index in [1.165, 1.54) is 104 Å². The van der Waals surface area contributed by atoms with E-state index in [1.807, 2.05) is 75.4 Å². The van der Waals surface area contributed by atoms with Crippen molar-refractivity contribution < 1.29 is 37.9 Å². The molecule has 0 bridgehead atoms. The van der Waals surface area contributed by atoms with E-state index in [1.54, 1.807) is 133 Å². The number of piperazine rings is 1. The Morgan fingerprint density at radius 1 is 0.331 bits per heavy atom. The molecule has 728 valence electrons. The predicted molar refractivity (Wildman–Crippen MR) is 559 cm³/mol. The second-order valence-electron chi connectivity index (χ2n) is 33.4. The number of methoxy groups -OCH3 is 4. The van der Waals surface area contributed by atoms with Crippen LogP contribution in [-0.2, 0) is 25.0 Å². The second-order valence-corrected chi connectivity index (χ2v) is 42.8. The first-order valence-corrected chi connectivity index (χ1v) is 53.3. The van der Waals surface area contributed by atoms with Crippen molar-refractivity contribution in [3.8, 4) is 88.3 Å². The maximum absolute atomic E-state index is 6.18. The Hall–Kier alpha value is -9.68. The molecule has 0 aliphatic carbocycles. The zero-order chi connectivity index (χ0) is 96.3. The third kappa shape index (κ3) is 29.7. The van der Waals surface area contributed by atoms with Crippen LogP contribution in [0.15, 0.2) is 118 Å². The highest BCUT2D eigenvalue weighted by atomic mass is 32.2. The molecule has 12 heterocycles. The molecule has 8 aromatic heterocycles. The summed E-state index contributed by atoms with van der Waals surface area (Å²) >= 11 is 13.1. The number of thioether (sulfide) groups is 4. The Labute approximate surface area is 833 Å². The van der Waals surface area contributed by atoms with Gasteiger partial charge in [-0.15, -0.1) is 45.3 Å². The molecule has 0 amide bonds. The van der Waals surface area contributed by atoms with E-state index < -0.39 is 0 Å². The van der Waals surface area contributed by atoms with E-state index in [2.05, 4.69) is 138 Å². The molecule has 16 rings (SSSR count). The van der Waals surface area contributed by atoms with Crippen LogP contribution in [-0.4, -0.2) is 238 Å². The van der Waals surface area contributed by atoms with Gasteiger partial charge in [-0.05, 0) is 219 Å². The van der Waals surface area contributed by atoms with E-state index in [0.29, 0.717) is 81.9 Å². The van der Waals surface area contributed by atoms with Crippen molar-refractivity contribution in [3.63, 3.8) is 0 Å². The van der Waals surface area contributed by atoms with Gasteiger partial charge in [0.15, 0.2) is 66.6 Å². The Morgan fingerprint density at radius 3 is 0.926 bits per heavy atom. The largest absolute Gasteiger partial charge is 0.493 e. The fraction of sp³-hybridized carbons (Fsp3) is 0.469. The number of hydrogen-bond donors (Lipinski definition) is 5. The molecule has 0 saturated carbocycles. The monoisotopic (exact) mass is 2000 g/mol. The number of likely N-dealkylation sites (N-methyl/N-ethyl adjacent to an activating group) is 1. The number of thiazole rings is 4. The van der Waals surface area contributed by atoms with Gasteiger partial charge in [-0.2, -0.15) is 0 Å². The van der Waals surface area contributed by atoms with Gasteiger partial charge in [-0.3, -0.25) is 19.6 Å². The van der Waals surface area contributed by atoms with E-state index in [0.717, 1.165) is 205 Å². The predicted octanol–water partition coefficient (Wildman–Crippen LogP) is 19.2. The number of nitrogens with zero attached hydrogens (tertiary/aromatic N) is 17. The van der Waals surface area contributed by atoms with Gasteiger partial charge in [0, 0.05) is 141 Å². The number of aryl methyl sites for hydroxylation is 7. The third-order valence-corrected chi connectivity index (χ3v) is 31.8. The number of likely N-dealkylation sites (tertiary alicyclic amines) is 3. The van der Waals surface area contributed by atoms with Crippen LogP contribution in [0.3, 0.4) is 0 Å². The van der Waals surface area contributed by atoms with Crippen molar-refractivity contribution in [1.82, 2.24) is 84.3 Å². The molecule has 4 aliphatic heterocycles. The van der Waals surface area contributed by atoms with Gasteiger partial charge in [0.25, 0.3) is 0 Å². The molecule has 4 aliphatic rings. The lowest BCUT2D eigenvalue weighted by Crippen LogP contribution is -2.45. The van der Waals surface area contributed by atoms with Gasteiger partial charge in [0.1, 0.15) is 75.5 Å². The number of piperidine rings is 1. The summed E-state index contributed by atoms with van der Waals surface area (Å²) in [5.41, 5.74) is 40.2. The number of hydrogen-bond acceptors (Lipinski definition) is 38. The summed E-state index contributed by atoms with van der Waals surface area (Å²) in [5, 5.41) is 6.79. The number of nitrogens with two attached hydrogens (primary N) is 5. The average Bonchev–Trinajstić information content (AvgIpc) is 1.65. The molecule has 4 saturated heterocycles. The van der Waals surface area contributed by atoms with Crippen LogP contribution in [0.5, 0.6) is 46.0 Å². The number of benzene rings is 4. The fourth-order valence-corrected chi connectivity index (χ4v) is 24.0. The van der Waals surface area contributed by atoms with Gasteiger partial charge in [0.2, 0.25) is 0 Å². The fourth-order valence-electron chi connectivity index (χ4n) is 15.7. The summed E-state index contributed by atoms with van der Waals surface area (Å²) in [5.74, 6) is 8.83. The Kier molecular flexibility index (Phi) is 39.1. The van der Waals surface area contributed by atoms with Crippen molar-refractivity contribution in [2.75, 3.05) is 182 Å². The molecule has 3 unspecified atom stereocenters. The number of nitrogen functional groups attached to an aromatic ring is 5. The molecule has 38 heteroatoms. The normalized spacial score (nSPS) is 14.9. The lowest BCUT2D eigenvalue weighted by molar-refractivity contribution is 0.133. The molecule has 4 aromatic carbocycles. The molecular formula is C98H130N22O8S8. The molecule has 136 heavy (non-hydrogen) atoms. The third-order valence-electron chi connectivity index (χ3n) is 23.2. The van der Waals surface area contributed by atoms with Crippen LogP contribution in [0.25, 0.3) is 42.3 Å². The van der Waals surface area contributed by atoms with E-state index in [4.69, 9.17) is 86.5 Å². The van der Waals surface area contributed by atoms with Crippen LogP contribution < -0.4 is 66.6 Å². The van der Waals surface area contributed by atoms with Crippen molar-refractivity contribution >= 4 is 121 Å². The Balaban J connectivity index is 0.000000153. The number of ether oxygens (including phenoxy) is 8. The van der Waals surface area contributed by atoms with Crippen LogP contribution in [0.4, 0.5) is 29.1 Å². The molecular weight excluding hydrogens is 1870 g/mol. The molecule has 3 atom stereocenters. The summed E-state index contributed by atoms with van der Waals surface area (Å²) in [6.45, 7) is 38.4. The highest BCUT2D eigenvalue weighted by molar-refractivity contribution is 8.00. The lowest BCUT2D eigenvalue weighted by Gasteiger charge is -2.32. The quantitative estimate of drug-likeness (QED) is 0.0176. The maximum Gasteiger partial charge on any atom is 0.191 e. The van der Waals surface area contributed by atoms with Crippen molar-refractivity contribution in [2.24, 2.45) is 0 Å². The van der Waals surface area contributed by atoms with E-state index in [9.17, 15) is 0 Å². The first kappa shape index (κ1) is 104. The smallest absolute Gasteiger partial charge is 0.191 e. The minimum absolute atomic E-state index is 0.106. The molecule has 30 nitrogen and oxygen atoms in total. The van der Waals surface area contributed by atoms with E-state index in [-0.39, 0.29) is 15.7 Å². The van der Waals surface area contributed by atoms with Gasteiger partial charge in [-0.25, -0.2) is 59.8 Å². The number of anilines is 5. The maximum atomic E-state index is 6.18. The minimum atomic E-state index is 0.106. The standard InChI is InChI=1S/C26H35N5O2S2.C25H33N5O2S2.C24H31N5O2S2.C23H31N7O2S2/c1-5-22-24(18(3)34-26-28-17(2)15-23(27)29-26)30-25(35-22)19-9-10-20(32-4)21(16-19)33-14-13-31-11-7-6-8-12-31;1-5-21-23(17(3)33-25-27-16(2)14-22(26)28-25)29-24(34-21)18-8-9-19(31-4)20(15-18)32-13-12-30-10-6-7-11-30;1-5-20-22(16(3)32-24-26-15(2)13-21(25)27-24)28-23(33-20)17-7-8-18(30-4)19(14-17)31-12-11-29-9-6-10-29;1-15-17(14-33-23-27-20(24)13-21(25)28-23)26-22(34-15)16-4-5-18(31-3)19(12-16)32-11-10-30-8-6-29(2)7-9-30/h9-10,15-16,18H,5-8,11-14H2,1-4H3,(H2,27,28,29);8-9,14-15,17H,5-7,10-13H2,1-4H3,(H2,26,27,28);7-8,13-14,16H,5-6,9-12H2,1-4H3,(H2,25,26,27);4-5,12-13H,6-11,14H2,1-3H3,(H4,24,25,27,28). The topological polar surface area (TPSA) is 375 Å². The summed E-state index contributed by atoms with van der Waals surface area (Å²) in [6, 6.07) is 31.1. The number of rotatable bonds is 39. The summed E-state index contributed by atoms with van der Waals surface area (Å²) in [4.78, 5) is 72.2. The summed E-state index contributed by atoms with van der Waals surface area (Å²) in [7, 11) is 8.86. The van der Waals surface area contributed by atoms with Crippen LogP contribution in [0, 0.1) is 27.7 Å². The first-order valence-electron chi connectivity index (χ1n) is 46.4. The lowest BCUT2D eigenvalue weighted by atomic mass is 10.1. The highest BCUT2D eigenvalue weighted by Gasteiger charge is 2.28. The van der Waals surface area contributed by atoms with E-state index >= 15 is 0 Å². The zero-order valence-electron chi connectivity index (χ0n) is 80.8. The average molecular weight is 2000 g/mol. The summed E-state index contributed by atoms with van der Waals surface area (Å²) in [6.07, 6.45) is 10.5. The van der Waals surface area contributed by atoms with Gasteiger partial charge >= 0.3 is 0 Å². The van der Waals surface area contributed by atoms with Crippen LogP contribution >= 0.6 is 92.4 Å². The van der Waals surface area contributed by atoms with Gasteiger partial charge in [-0.1, -0.05) is 74.2 Å². The molecule has 10 N–H and O–H groups in total. The molecule has 0 radical (unpaired) electrons. The minimum Gasteiger partial charge on any atom is -0.493 e. The van der Waals surface area contributed by atoms with Gasteiger partial charge in [0.05, 0.1) is 67.0 Å². The van der Waals surface area contributed by atoms with Crippen molar-refractivity contribution in [3.05, 3.63) is 156 Å². The van der Waals surface area contributed by atoms with Crippen LogP contribution in [0.2, 0.25) is 0 Å².